The van der Waals surface area contributed by atoms with Crippen molar-refractivity contribution in [2.24, 2.45) is 0 Å². The van der Waals surface area contributed by atoms with Crippen molar-refractivity contribution in [1.29, 1.82) is 0 Å². The minimum Gasteiger partial charge on any atom is -0.282 e. The number of rotatable bonds is 5. The molecule has 0 fully saturated rings. The highest BCUT2D eigenvalue weighted by Gasteiger charge is 2.11. The molecule has 1 heterocycles. The Hall–Kier alpha value is -0.330. The topological polar surface area (TPSA) is 59.1 Å². The van der Waals surface area contributed by atoms with Crippen LogP contribution in [-0.4, -0.2) is 25.0 Å². The van der Waals surface area contributed by atoms with Crippen molar-refractivity contribution in [3.05, 3.63) is 22.9 Å². The summed E-state index contributed by atoms with van der Waals surface area (Å²) in [5.41, 5.74) is 0.486. The van der Waals surface area contributed by atoms with Crippen LogP contribution in [-0.2, 0) is 10.0 Å². The number of alkyl halides is 1. The van der Waals surface area contributed by atoms with Crippen LogP contribution in [0.3, 0.4) is 0 Å². The van der Waals surface area contributed by atoms with Gasteiger partial charge < -0.3 is 0 Å². The van der Waals surface area contributed by atoms with Gasteiger partial charge in [0, 0.05) is 18.3 Å². The molecule has 0 unspecified atom stereocenters. The highest BCUT2D eigenvalue weighted by Crippen LogP contribution is 2.21. The van der Waals surface area contributed by atoms with Gasteiger partial charge in [0.25, 0.3) is 0 Å². The molecule has 0 aromatic carbocycles. The summed E-state index contributed by atoms with van der Waals surface area (Å²) in [5, 5.41) is 0. The molecule has 0 aliphatic rings. The van der Waals surface area contributed by atoms with Gasteiger partial charge in [0.15, 0.2) is 0 Å². The number of hydrogen-bond acceptors (Lipinski definition) is 3. The van der Waals surface area contributed by atoms with Gasteiger partial charge in [0.1, 0.15) is 0 Å². The largest absolute Gasteiger partial charge is 0.282 e. The maximum Gasteiger partial charge on any atom is 0.232 e. The summed E-state index contributed by atoms with van der Waals surface area (Å²) >= 11 is 8.63. The van der Waals surface area contributed by atoms with E-state index in [0.29, 0.717) is 22.5 Å². The molecule has 0 amide bonds. The molecule has 1 rings (SSSR count). The number of anilines is 1. The Labute approximate surface area is 102 Å². The summed E-state index contributed by atoms with van der Waals surface area (Å²) in [4.78, 5) is 3.83. The van der Waals surface area contributed by atoms with E-state index in [2.05, 4.69) is 25.6 Å². The summed E-state index contributed by atoms with van der Waals surface area (Å²) in [6, 6.07) is 1.59. The standard InChI is InChI=1S/C8H10BrClN2O2S/c9-7-6-11-4-2-8(7)12-15(13,14)5-1-3-10/h2,4,6H,1,3,5H2,(H,11,12). The lowest BCUT2D eigenvalue weighted by molar-refractivity contribution is 0.600. The van der Waals surface area contributed by atoms with E-state index in [-0.39, 0.29) is 5.75 Å². The first kappa shape index (κ1) is 12.7. The maximum absolute atomic E-state index is 11.5. The molecule has 1 aromatic heterocycles. The van der Waals surface area contributed by atoms with Crippen LogP contribution in [0.25, 0.3) is 0 Å². The minimum atomic E-state index is -3.31. The highest BCUT2D eigenvalue weighted by atomic mass is 79.9. The van der Waals surface area contributed by atoms with E-state index in [0.717, 1.165) is 0 Å². The fourth-order valence-electron chi connectivity index (χ4n) is 0.921. The summed E-state index contributed by atoms with van der Waals surface area (Å²) in [6.07, 6.45) is 3.48. The monoisotopic (exact) mass is 312 g/mol. The maximum atomic E-state index is 11.5. The number of halogens is 2. The number of aromatic nitrogens is 1. The first-order valence-electron chi connectivity index (χ1n) is 4.21. The Morgan fingerprint density at radius 2 is 2.27 bits per heavy atom. The smallest absolute Gasteiger partial charge is 0.232 e. The van der Waals surface area contributed by atoms with Crippen molar-refractivity contribution in [1.82, 2.24) is 4.98 Å². The number of sulfonamides is 1. The van der Waals surface area contributed by atoms with Gasteiger partial charge in [-0.1, -0.05) is 0 Å². The Morgan fingerprint density at radius 3 is 2.87 bits per heavy atom. The second-order valence-corrected chi connectivity index (χ2v) is 5.89. The lowest BCUT2D eigenvalue weighted by Gasteiger charge is -2.08. The highest BCUT2D eigenvalue weighted by molar-refractivity contribution is 9.10. The van der Waals surface area contributed by atoms with E-state index in [1.807, 2.05) is 0 Å². The van der Waals surface area contributed by atoms with E-state index in [1.54, 1.807) is 6.07 Å². The molecule has 0 aliphatic carbocycles. The Kier molecular flexibility index (Phi) is 4.82. The van der Waals surface area contributed by atoms with E-state index in [1.165, 1.54) is 12.4 Å². The van der Waals surface area contributed by atoms with Crippen LogP contribution in [0.5, 0.6) is 0 Å². The van der Waals surface area contributed by atoms with E-state index >= 15 is 0 Å². The lowest BCUT2D eigenvalue weighted by atomic mass is 10.4. The molecule has 4 nitrogen and oxygen atoms in total. The average molecular weight is 314 g/mol. The van der Waals surface area contributed by atoms with Crippen LogP contribution in [0.4, 0.5) is 5.69 Å². The molecule has 0 spiro atoms. The van der Waals surface area contributed by atoms with Gasteiger partial charge in [0.2, 0.25) is 10.0 Å². The molecule has 0 aliphatic heterocycles. The third-order valence-electron chi connectivity index (χ3n) is 1.58. The van der Waals surface area contributed by atoms with Gasteiger partial charge >= 0.3 is 0 Å². The fraction of sp³-hybridized carbons (Fsp3) is 0.375. The van der Waals surface area contributed by atoms with Crippen LogP contribution in [0.15, 0.2) is 22.9 Å². The molecular weight excluding hydrogens is 304 g/mol. The van der Waals surface area contributed by atoms with Crippen molar-refractivity contribution in [2.45, 2.75) is 6.42 Å². The van der Waals surface area contributed by atoms with Crippen molar-refractivity contribution in [3.63, 3.8) is 0 Å². The molecule has 0 radical (unpaired) electrons. The van der Waals surface area contributed by atoms with Crippen molar-refractivity contribution < 1.29 is 8.42 Å². The second-order valence-electron chi connectivity index (χ2n) is 2.82. The van der Waals surface area contributed by atoms with Crippen molar-refractivity contribution in [2.75, 3.05) is 16.4 Å². The predicted molar refractivity (Wildman–Crippen MR) is 64.7 cm³/mol. The van der Waals surface area contributed by atoms with Crippen molar-refractivity contribution >= 4 is 43.2 Å². The zero-order valence-corrected chi connectivity index (χ0v) is 10.9. The van der Waals surface area contributed by atoms with E-state index in [4.69, 9.17) is 11.6 Å². The number of pyridine rings is 1. The van der Waals surface area contributed by atoms with Crippen LogP contribution >= 0.6 is 27.5 Å². The fourth-order valence-corrected chi connectivity index (χ4v) is 2.83. The molecule has 84 valence electrons. The molecule has 0 bridgehead atoms. The van der Waals surface area contributed by atoms with E-state index in [9.17, 15) is 8.42 Å². The van der Waals surface area contributed by atoms with Gasteiger partial charge in [0.05, 0.1) is 15.9 Å². The third-order valence-corrected chi connectivity index (χ3v) is 3.84. The molecule has 1 N–H and O–H groups in total. The molecule has 1 aromatic rings. The van der Waals surface area contributed by atoms with Crippen LogP contribution < -0.4 is 4.72 Å². The Morgan fingerprint density at radius 1 is 1.53 bits per heavy atom. The summed E-state index contributed by atoms with van der Waals surface area (Å²) < 4.78 is 26.1. The predicted octanol–water partition coefficient (Wildman–Crippen LogP) is 2.21. The number of hydrogen-bond donors (Lipinski definition) is 1. The SMILES string of the molecule is O=S(=O)(CCCCl)Nc1ccncc1Br. The molecular formula is C8H10BrClN2O2S. The summed E-state index contributed by atoms with van der Waals surface area (Å²) in [7, 11) is -3.31. The van der Waals surface area contributed by atoms with Crippen LogP contribution in [0.1, 0.15) is 6.42 Å². The van der Waals surface area contributed by atoms with Gasteiger partial charge in [-0.2, -0.15) is 0 Å². The minimum absolute atomic E-state index is 0.0191. The average Bonchev–Trinajstić information content (AvgIpc) is 2.18. The summed E-state index contributed by atoms with van der Waals surface area (Å²) in [6.45, 7) is 0. The van der Waals surface area contributed by atoms with E-state index < -0.39 is 10.0 Å². The Balaban J connectivity index is 2.74. The lowest BCUT2D eigenvalue weighted by Crippen LogP contribution is -2.17. The van der Waals surface area contributed by atoms with Gasteiger partial charge in [-0.3, -0.25) is 9.71 Å². The van der Waals surface area contributed by atoms with Crippen molar-refractivity contribution in [3.8, 4) is 0 Å². The normalized spacial score (nSPS) is 11.3. The zero-order valence-electron chi connectivity index (χ0n) is 7.78. The molecule has 15 heavy (non-hydrogen) atoms. The Bertz CT molecular complexity index is 424. The second kappa shape index (κ2) is 5.67. The molecule has 0 saturated carbocycles. The van der Waals surface area contributed by atoms with Crippen LogP contribution in [0.2, 0.25) is 0 Å². The van der Waals surface area contributed by atoms with Gasteiger partial charge in [-0.15, -0.1) is 11.6 Å². The summed E-state index contributed by atoms with van der Waals surface area (Å²) in [5.74, 6) is 0.351. The zero-order chi connectivity index (χ0) is 11.3. The number of nitrogens with one attached hydrogen (secondary N) is 1. The molecule has 0 saturated heterocycles. The number of nitrogens with zero attached hydrogens (tertiary/aromatic N) is 1. The molecule has 0 atom stereocenters. The van der Waals surface area contributed by atoms with Crippen LogP contribution in [0, 0.1) is 0 Å². The molecule has 7 heteroatoms. The van der Waals surface area contributed by atoms with Gasteiger partial charge in [-0.25, -0.2) is 8.42 Å². The quantitative estimate of drug-likeness (QED) is 0.848. The first-order chi connectivity index (χ1) is 7.05. The van der Waals surface area contributed by atoms with Gasteiger partial charge in [-0.05, 0) is 28.4 Å². The third kappa shape index (κ3) is 4.36. The first-order valence-corrected chi connectivity index (χ1v) is 7.19.